The molecule has 0 aromatic carbocycles. The van der Waals surface area contributed by atoms with Gasteiger partial charge in [0.25, 0.3) is 0 Å². The standard InChI is InChI=1S/C40H65N2O4.BrH/c1-26(24-42-20-17-41(18-21-42)19-22-42)30-9-10-31-29(25-45-27(2)43)23-40(8)32(36(30)31)11-12-34-38(6)15-14-35(46-28(3)44)37(4,5)33(38)13-16-39(34,40)7;/h29-36H,1,9-25H2,2-8H3;1H/q+1;/p-1/t29-,30+,31?,32?,33?,34?,35+,36?,38+,39-,40-;/m1./s1. The molecule has 7 heteroatoms. The van der Waals surface area contributed by atoms with E-state index < -0.39 is 0 Å². The van der Waals surface area contributed by atoms with Gasteiger partial charge < -0.3 is 30.9 Å². The van der Waals surface area contributed by atoms with Crippen LogP contribution in [-0.2, 0) is 19.1 Å². The molecule has 8 rings (SSSR count). The Labute approximate surface area is 296 Å². The van der Waals surface area contributed by atoms with E-state index in [0.29, 0.717) is 48.0 Å². The lowest BCUT2D eigenvalue weighted by Crippen LogP contribution is -3.00. The first kappa shape index (κ1) is 35.9. The molecule has 0 aromatic heterocycles. The van der Waals surface area contributed by atoms with E-state index in [1.807, 2.05) is 0 Å². The minimum Gasteiger partial charge on any atom is -1.00 e. The molecule has 3 heterocycles. The highest BCUT2D eigenvalue weighted by Gasteiger charge is 2.70. The number of halogens is 1. The lowest BCUT2D eigenvalue weighted by Gasteiger charge is -2.72. The van der Waals surface area contributed by atoms with Crippen LogP contribution >= 0.6 is 0 Å². The van der Waals surface area contributed by atoms with Crippen molar-refractivity contribution in [3.05, 3.63) is 12.2 Å². The SMILES string of the molecule is C=C(C[N+]12CCN(CC1)CC2)[C@@H]1CCC2C1C1CCC3[C@@]4(C)CC[C@H](OC(C)=O)C(C)(C)C4CC[C@@]3(C)[C@]1(C)C[C@@H]2COC(C)=O.[Br-]. The second kappa shape index (κ2) is 12.4. The predicted molar refractivity (Wildman–Crippen MR) is 182 cm³/mol. The zero-order valence-electron chi connectivity index (χ0n) is 30.8. The number of quaternary nitrogens is 1. The number of fused-ring (bicyclic) bond motifs is 10. The number of piperazine rings is 3. The molecule has 8 fully saturated rings. The second-order valence-corrected chi connectivity index (χ2v) is 19.0. The summed E-state index contributed by atoms with van der Waals surface area (Å²) >= 11 is 0. The van der Waals surface area contributed by atoms with Crippen LogP contribution in [0.3, 0.4) is 0 Å². The molecule has 11 atom stereocenters. The van der Waals surface area contributed by atoms with E-state index in [4.69, 9.17) is 16.1 Å². The fourth-order valence-corrected chi connectivity index (χ4v) is 14.6. The van der Waals surface area contributed by atoms with E-state index in [9.17, 15) is 9.59 Å². The number of ether oxygens (including phenoxy) is 2. The third-order valence-electron chi connectivity index (χ3n) is 16.9. The van der Waals surface area contributed by atoms with Gasteiger partial charge >= 0.3 is 11.9 Å². The zero-order valence-corrected chi connectivity index (χ0v) is 32.3. The zero-order chi connectivity index (χ0) is 32.9. The molecule has 5 unspecified atom stereocenters. The van der Waals surface area contributed by atoms with Crippen molar-refractivity contribution in [1.82, 2.24) is 4.90 Å². The van der Waals surface area contributed by atoms with Gasteiger partial charge in [-0.3, -0.25) is 14.5 Å². The second-order valence-electron chi connectivity index (χ2n) is 19.0. The van der Waals surface area contributed by atoms with Crippen molar-refractivity contribution in [2.45, 2.75) is 112 Å². The fourth-order valence-electron chi connectivity index (χ4n) is 14.6. The molecule has 5 saturated carbocycles. The molecule has 6 nitrogen and oxygen atoms in total. The van der Waals surface area contributed by atoms with Crippen molar-refractivity contribution in [3.8, 4) is 0 Å². The lowest BCUT2D eigenvalue weighted by molar-refractivity contribution is -0.937. The maximum atomic E-state index is 12.2. The molecule has 3 saturated heterocycles. The molecule has 8 aliphatic rings. The van der Waals surface area contributed by atoms with Gasteiger partial charge in [0.1, 0.15) is 12.6 Å². The number of esters is 2. The largest absolute Gasteiger partial charge is 1.00 e. The average Bonchev–Trinajstić information content (AvgIpc) is 3.44. The fraction of sp³-hybridized carbons (Fsp3) is 0.900. The van der Waals surface area contributed by atoms with Gasteiger partial charge in [0.15, 0.2) is 0 Å². The number of carbonyl (C=O) groups is 2. The number of nitrogens with zero attached hydrogens (tertiary/aromatic N) is 2. The Morgan fingerprint density at radius 3 is 2.15 bits per heavy atom. The minimum absolute atomic E-state index is 0. The lowest BCUT2D eigenvalue weighted by atomic mass is 9.32. The van der Waals surface area contributed by atoms with Gasteiger partial charge in [0, 0.05) is 38.9 Å². The summed E-state index contributed by atoms with van der Waals surface area (Å²) in [5, 5.41) is 0. The summed E-state index contributed by atoms with van der Waals surface area (Å²) in [5.74, 6) is 4.01. The van der Waals surface area contributed by atoms with Gasteiger partial charge in [-0.25, -0.2) is 0 Å². The van der Waals surface area contributed by atoms with Gasteiger partial charge in [0.05, 0.1) is 26.2 Å². The van der Waals surface area contributed by atoms with Crippen LogP contribution in [0.2, 0.25) is 0 Å². The summed E-state index contributed by atoms with van der Waals surface area (Å²) in [6.07, 6.45) is 11.0. The highest BCUT2D eigenvalue weighted by atomic mass is 79.9. The first-order valence-corrected chi connectivity index (χ1v) is 19.2. The van der Waals surface area contributed by atoms with Crippen LogP contribution in [0.15, 0.2) is 12.2 Å². The summed E-state index contributed by atoms with van der Waals surface area (Å²) < 4.78 is 13.2. The summed E-state index contributed by atoms with van der Waals surface area (Å²) in [6, 6.07) is 0. The Bertz CT molecular complexity index is 1230. The quantitative estimate of drug-likeness (QED) is 0.235. The van der Waals surface area contributed by atoms with Gasteiger partial charge in [-0.15, -0.1) is 0 Å². The Balaban J connectivity index is 0.00000386. The Hall–Kier alpha value is -0.920. The Kier molecular flexibility index (Phi) is 9.46. The van der Waals surface area contributed by atoms with Crippen LogP contribution in [0, 0.1) is 63.1 Å². The Morgan fingerprint density at radius 2 is 1.51 bits per heavy atom. The van der Waals surface area contributed by atoms with Crippen LogP contribution < -0.4 is 17.0 Å². The molecule has 3 aliphatic heterocycles. The first-order chi connectivity index (χ1) is 21.6. The highest BCUT2D eigenvalue weighted by Crippen LogP contribution is 2.76. The van der Waals surface area contributed by atoms with Crippen molar-refractivity contribution in [2.24, 2.45) is 63.1 Å². The molecular weight excluding hydrogens is 652 g/mol. The molecular formula is C40H65BrN2O4. The minimum atomic E-state index is -0.133. The third kappa shape index (κ3) is 5.52. The number of hydrogen-bond acceptors (Lipinski definition) is 5. The maximum Gasteiger partial charge on any atom is 0.302 e. The molecule has 0 amide bonds. The smallest absolute Gasteiger partial charge is 0.302 e. The third-order valence-corrected chi connectivity index (χ3v) is 16.9. The van der Waals surface area contributed by atoms with Gasteiger partial charge in [-0.05, 0) is 121 Å². The van der Waals surface area contributed by atoms with E-state index in [2.05, 4.69) is 39.5 Å². The molecule has 0 N–H and O–H groups in total. The maximum absolute atomic E-state index is 12.2. The molecule has 266 valence electrons. The summed E-state index contributed by atoms with van der Waals surface area (Å²) in [5.41, 5.74) is 2.22. The van der Waals surface area contributed by atoms with Crippen molar-refractivity contribution >= 4 is 11.9 Å². The molecule has 2 bridgehead atoms. The molecule has 0 aromatic rings. The topological polar surface area (TPSA) is 55.8 Å². The normalized spacial score (nSPS) is 49.3. The van der Waals surface area contributed by atoms with E-state index in [-0.39, 0.29) is 56.7 Å². The number of rotatable bonds is 6. The molecule has 5 aliphatic carbocycles. The first-order valence-electron chi connectivity index (χ1n) is 19.2. The van der Waals surface area contributed by atoms with Crippen molar-refractivity contribution in [3.63, 3.8) is 0 Å². The highest BCUT2D eigenvalue weighted by molar-refractivity contribution is 5.66. The summed E-state index contributed by atoms with van der Waals surface area (Å²) in [7, 11) is 0. The van der Waals surface area contributed by atoms with Gasteiger partial charge in [-0.1, -0.05) is 41.2 Å². The van der Waals surface area contributed by atoms with Crippen LogP contribution in [-0.4, -0.2) is 79.8 Å². The van der Waals surface area contributed by atoms with Crippen LogP contribution in [0.5, 0.6) is 0 Å². The van der Waals surface area contributed by atoms with E-state index in [1.165, 1.54) is 95.2 Å². The molecule has 0 radical (unpaired) electrons. The van der Waals surface area contributed by atoms with Gasteiger partial charge in [-0.2, -0.15) is 0 Å². The van der Waals surface area contributed by atoms with E-state index in [0.717, 1.165) is 12.8 Å². The van der Waals surface area contributed by atoms with Crippen LogP contribution in [0.4, 0.5) is 0 Å². The average molecular weight is 718 g/mol. The van der Waals surface area contributed by atoms with Crippen LogP contribution in [0.25, 0.3) is 0 Å². The Morgan fingerprint density at radius 1 is 0.830 bits per heavy atom. The van der Waals surface area contributed by atoms with E-state index in [1.54, 1.807) is 19.4 Å². The molecule has 47 heavy (non-hydrogen) atoms. The predicted octanol–water partition coefficient (Wildman–Crippen LogP) is 4.12. The van der Waals surface area contributed by atoms with Crippen molar-refractivity contribution < 1.29 is 40.5 Å². The van der Waals surface area contributed by atoms with Crippen molar-refractivity contribution in [2.75, 3.05) is 52.4 Å². The van der Waals surface area contributed by atoms with Crippen LogP contribution in [0.1, 0.15) is 106 Å². The van der Waals surface area contributed by atoms with Gasteiger partial charge in [0.2, 0.25) is 0 Å². The summed E-state index contributed by atoms with van der Waals surface area (Å²) in [6.45, 7) is 30.3. The monoisotopic (exact) mass is 716 g/mol. The van der Waals surface area contributed by atoms with E-state index >= 15 is 0 Å². The summed E-state index contributed by atoms with van der Waals surface area (Å²) in [4.78, 5) is 26.9. The number of hydrogen-bond donors (Lipinski definition) is 0. The molecule has 0 spiro atoms. The van der Waals surface area contributed by atoms with Crippen molar-refractivity contribution in [1.29, 1.82) is 0 Å². The number of carbonyl (C=O) groups excluding carboxylic acids is 2.